The number of alkyl halides is 3. The highest BCUT2D eigenvalue weighted by Crippen LogP contribution is 2.29. The monoisotopic (exact) mass is 448 g/mol. The van der Waals surface area contributed by atoms with Crippen molar-refractivity contribution in [3.8, 4) is 0 Å². The maximum absolute atomic E-state index is 12.7. The van der Waals surface area contributed by atoms with Gasteiger partial charge in [-0.15, -0.1) is 0 Å². The number of aryl methyl sites for hydroxylation is 2. The molecule has 0 bridgehead atoms. The maximum Gasteiger partial charge on any atom is 0.417 e. The fourth-order valence-corrected chi connectivity index (χ4v) is 4.04. The van der Waals surface area contributed by atoms with E-state index in [0.717, 1.165) is 23.5 Å². The summed E-state index contributed by atoms with van der Waals surface area (Å²) in [7, 11) is 0. The van der Waals surface area contributed by atoms with Crippen molar-refractivity contribution < 1.29 is 18.0 Å². The minimum Gasteiger partial charge on any atom is -0.356 e. The first kappa shape index (κ1) is 21.8. The van der Waals surface area contributed by atoms with Crippen molar-refractivity contribution in [2.45, 2.75) is 45.3 Å². The van der Waals surface area contributed by atoms with E-state index >= 15 is 0 Å². The summed E-state index contributed by atoms with van der Waals surface area (Å²) in [5.41, 5.74) is 1.70. The number of anilines is 1. The number of amides is 1. The van der Waals surface area contributed by atoms with Crippen molar-refractivity contribution in [3.05, 3.63) is 57.3 Å². The summed E-state index contributed by atoms with van der Waals surface area (Å²) in [6, 6.07) is 3.78. The fourth-order valence-electron chi connectivity index (χ4n) is 4.04. The molecule has 1 aliphatic heterocycles. The second-order valence-corrected chi connectivity index (χ2v) is 7.98. The van der Waals surface area contributed by atoms with Crippen molar-refractivity contribution in [2.75, 3.05) is 18.0 Å². The zero-order chi connectivity index (χ0) is 23.0. The maximum atomic E-state index is 12.7. The number of rotatable bonds is 4. The number of aromatic nitrogens is 4. The number of aromatic amines is 1. The smallest absolute Gasteiger partial charge is 0.356 e. The van der Waals surface area contributed by atoms with Crippen LogP contribution in [0.2, 0.25) is 0 Å². The molecule has 8 nitrogen and oxygen atoms in total. The summed E-state index contributed by atoms with van der Waals surface area (Å²) >= 11 is 0. The summed E-state index contributed by atoms with van der Waals surface area (Å²) in [6.07, 6.45) is -2.10. The van der Waals surface area contributed by atoms with Gasteiger partial charge in [0, 0.05) is 48.3 Å². The van der Waals surface area contributed by atoms with Crippen LogP contribution >= 0.6 is 0 Å². The number of nitrogens with zero attached hydrogens (tertiary/aromatic N) is 4. The van der Waals surface area contributed by atoms with Crippen LogP contribution in [0.1, 0.15) is 35.4 Å². The van der Waals surface area contributed by atoms with Crippen LogP contribution in [0.25, 0.3) is 5.65 Å². The number of hydrogen-bond donors (Lipinski definition) is 2. The molecule has 4 rings (SSSR count). The van der Waals surface area contributed by atoms with Gasteiger partial charge in [-0.05, 0) is 38.8 Å². The lowest BCUT2D eigenvalue weighted by Gasteiger charge is -2.33. The van der Waals surface area contributed by atoms with Crippen LogP contribution in [0.3, 0.4) is 0 Å². The van der Waals surface area contributed by atoms with Gasteiger partial charge in [0.05, 0.1) is 12.0 Å². The molecule has 11 heteroatoms. The second kappa shape index (κ2) is 8.29. The lowest BCUT2D eigenvalue weighted by Crippen LogP contribution is -2.45. The first-order valence-corrected chi connectivity index (χ1v) is 10.3. The van der Waals surface area contributed by atoms with Crippen molar-refractivity contribution in [1.82, 2.24) is 24.9 Å². The molecule has 0 atom stereocenters. The Bertz CT molecular complexity index is 1190. The minimum atomic E-state index is -4.41. The number of fused-ring (bicyclic) bond motifs is 1. The molecule has 2 N–H and O–H groups in total. The highest BCUT2D eigenvalue weighted by atomic mass is 19.4. The SMILES string of the molecule is Cc1nc2cc(=O)[nH]n2c(C)c1CC(=O)NC1CCN(c2ccc(C(F)(F)F)cn2)CC1. The molecule has 0 aliphatic carbocycles. The Morgan fingerprint density at radius 2 is 1.97 bits per heavy atom. The molecular weight excluding hydrogens is 425 g/mol. The van der Waals surface area contributed by atoms with Crippen LogP contribution in [0.4, 0.5) is 19.0 Å². The van der Waals surface area contributed by atoms with E-state index in [1.807, 2.05) is 18.7 Å². The first-order valence-electron chi connectivity index (χ1n) is 10.3. The van der Waals surface area contributed by atoms with Crippen LogP contribution in [0, 0.1) is 13.8 Å². The summed E-state index contributed by atoms with van der Waals surface area (Å²) in [4.78, 5) is 34.5. The Balaban J connectivity index is 1.35. The zero-order valence-electron chi connectivity index (χ0n) is 17.7. The molecule has 3 aromatic rings. The lowest BCUT2D eigenvalue weighted by atomic mass is 10.0. The number of piperidine rings is 1. The summed E-state index contributed by atoms with van der Waals surface area (Å²) in [6.45, 7) is 4.80. The fraction of sp³-hybridized carbons (Fsp3) is 0.429. The highest BCUT2D eigenvalue weighted by Gasteiger charge is 2.31. The molecule has 0 radical (unpaired) electrons. The van der Waals surface area contributed by atoms with E-state index in [2.05, 4.69) is 20.4 Å². The number of carbonyl (C=O) groups is 1. The molecule has 1 saturated heterocycles. The third kappa shape index (κ3) is 4.46. The zero-order valence-corrected chi connectivity index (χ0v) is 17.7. The van der Waals surface area contributed by atoms with E-state index in [-0.39, 0.29) is 23.9 Å². The Kier molecular flexibility index (Phi) is 5.66. The molecule has 170 valence electrons. The largest absolute Gasteiger partial charge is 0.417 e. The van der Waals surface area contributed by atoms with E-state index in [4.69, 9.17) is 0 Å². The van der Waals surface area contributed by atoms with Gasteiger partial charge in [0.1, 0.15) is 5.82 Å². The molecule has 4 heterocycles. The quantitative estimate of drug-likeness (QED) is 0.639. The van der Waals surface area contributed by atoms with Crippen LogP contribution in [-0.2, 0) is 17.4 Å². The van der Waals surface area contributed by atoms with Crippen LogP contribution in [0.15, 0.2) is 29.2 Å². The van der Waals surface area contributed by atoms with Gasteiger partial charge in [0.2, 0.25) is 5.91 Å². The topological polar surface area (TPSA) is 95.4 Å². The van der Waals surface area contributed by atoms with Crippen molar-refractivity contribution >= 4 is 17.4 Å². The summed E-state index contributed by atoms with van der Waals surface area (Å²) < 4.78 is 39.7. The first-order chi connectivity index (χ1) is 15.1. The van der Waals surface area contributed by atoms with Crippen LogP contribution < -0.4 is 15.8 Å². The van der Waals surface area contributed by atoms with Crippen LogP contribution in [-0.4, -0.2) is 44.6 Å². The Labute approximate surface area is 181 Å². The molecule has 0 aromatic carbocycles. The third-order valence-corrected chi connectivity index (χ3v) is 5.80. The summed E-state index contributed by atoms with van der Waals surface area (Å²) in [5, 5.41) is 5.71. The van der Waals surface area contributed by atoms with E-state index < -0.39 is 11.7 Å². The van der Waals surface area contributed by atoms with Gasteiger partial charge in [-0.25, -0.2) is 14.5 Å². The number of H-pyrrole nitrogens is 1. The number of halogens is 3. The van der Waals surface area contributed by atoms with Crippen LogP contribution in [0.5, 0.6) is 0 Å². The van der Waals surface area contributed by atoms with Crippen molar-refractivity contribution in [3.63, 3.8) is 0 Å². The van der Waals surface area contributed by atoms with Gasteiger partial charge >= 0.3 is 6.18 Å². The number of nitrogens with one attached hydrogen (secondary N) is 2. The molecule has 1 aliphatic rings. The number of carbonyl (C=O) groups excluding carboxylic acids is 1. The van der Waals surface area contributed by atoms with E-state index in [0.29, 0.717) is 43.1 Å². The molecule has 32 heavy (non-hydrogen) atoms. The molecule has 0 unspecified atom stereocenters. The molecule has 0 saturated carbocycles. The molecular formula is C21H23F3N6O2. The Morgan fingerprint density at radius 3 is 2.59 bits per heavy atom. The third-order valence-electron chi connectivity index (χ3n) is 5.80. The van der Waals surface area contributed by atoms with Crippen molar-refractivity contribution in [2.24, 2.45) is 0 Å². The standard InChI is InChI=1S/C21H23F3N6O2/c1-12-16(13(2)30-18(26-12)10-20(32)28-30)9-19(31)27-15-5-7-29(8-6-15)17-4-3-14(11-25-17)21(22,23)24/h3-4,10-11,15H,5-9H2,1-2H3,(H,27,31)(H,28,32). The Hall–Kier alpha value is -3.37. The van der Waals surface area contributed by atoms with E-state index in [1.54, 1.807) is 4.52 Å². The van der Waals surface area contributed by atoms with Gasteiger partial charge in [-0.1, -0.05) is 0 Å². The van der Waals surface area contributed by atoms with E-state index in [1.165, 1.54) is 12.1 Å². The minimum absolute atomic E-state index is 0.0307. The van der Waals surface area contributed by atoms with Gasteiger partial charge in [-0.3, -0.25) is 14.7 Å². The number of hydrogen-bond acceptors (Lipinski definition) is 5. The highest BCUT2D eigenvalue weighted by molar-refractivity contribution is 5.79. The predicted octanol–water partition coefficient (Wildman–Crippen LogP) is 2.38. The lowest BCUT2D eigenvalue weighted by molar-refractivity contribution is -0.137. The summed E-state index contributed by atoms with van der Waals surface area (Å²) in [5.74, 6) is 0.354. The van der Waals surface area contributed by atoms with Gasteiger partial charge in [0.15, 0.2) is 5.65 Å². The molecule has 0 spiro atoms. The normalized spacial score (nSPS) is 15.3. The van der Waals surface area contributed by atoms with Gasteiger partial charge < -0.3 is 10.2 Å². The Morgan fingerprint density at radius 1 is 1.25 bits per heavy atom. The molecule has 3 aromatic heterocycles. The number of pyridine rings is 1. The predicted molar refractivity (Wildman–Crippen MR) is 112 cm³/mol. The van der Waals surface area contributed by atoms with Gasteiger partial charge in [-0.2, -0.15) is 13.2 Å². The molecule has 1 fully saturated rings. The second-order valence-electron chi connectivity index (χ2n) is 7.98. The molecule has 1 amide bonds. The average Bonchev–Trinajstić information content (AvgIpc) is 3.11. The average molecular weight is 448 g/mol. The van der Waals surface area contributed by atoms with E-state index in [9.17, 15) is 22.8 Å². The van der Waals surface area contributed by atoms with Crippen molar-refractivity contribution in [1.29, 1.82) is 0 Å². The van der Waals surface area contributed by atoms with Gasteiger partial charge in [0.25, 0.3) is 5.56 Å².